The van der Waals surface area contributed by atoms with E-state index in [-0.39, 0.29) is 43.3 Å². The van der Waals surface area contributed by atoms with E-state index in [9.17, 15) is 24.0 Å². The Kier molecular flexibility index (Phi) is 42.5. The van der Waals surface area contributed by atoms with E-state index in [0.29, 0.717) is 50.3 Å². The first kappa shape index (κ1) is 50.5. The monoisotopic (exact) mass is 643 g/mol. The molecule has 1 unspecified atom stereocenters. The second-order valence-corrected chi connectivity index (χ2v) is 8.76. The van der Waals surface area contributed by atoms with E-state index >= 15 is 0 Å². The summed E-state index contributed by atoms with van der Waals surface area (Å²) in [6.07, 6.45) is 2.74. The number of anilines is 1. The number of hydrogen-bond donors (Lipinski definition) is 6. The lowest BCUT2D eigenvalue weighted by atomic mass is 10.1. The van der Waals surface area contributed by atoms with Gasteiger partial charge in [0.1, 0.15) is 6.61 Å². The van der Waals surface area contributed by atoms with Crippen molar-refractivity contribution >= 4 is 41.9 Å². The first-order chi connectivity index (χ1) is 21.3. The van der Waals surface area contributed by atoms with E-state index < -0.39 is 12.0 Å². The summed E-state index contributed by atoms with van der Waals surface area (Å²) in [5.41, 5.74) is 10.6. The molecule has 0 aliphatic carbocycles. The minimum absolute atomic E-state index is 0.0590. The molecule has 0 aromatic heterocycles. The summed E-state index contributed by atoms with van der Waals surface area (Å²) >= 11 is 0. The zero-order chi connectivity index (χ0) is 36.2. The number of urea groups is 1. The molecular formula is C32H61N5O8. The van der Waals surface area contributed by atoms with Crippen LogP contribution in [-0.2, 0) is 35.3 Å². The van der Waals surface area contributed by atoms with E-state index in [4.69, 9.17) is 20.4 Å². The van der Waals surface area contributed by atoms with Crippen molar-refractivity contribution in [3.63, 3.8) is 0 Å². The second-order valence-electron chi connectivity index (χ2n) is 8.76. The zero-order valence-corrected chi connectivity index (χ0v) is 29.2. The maximum Gasteiger partial charge on any atom is 0.312 e. The van der Waals surface area contributed by atoms with Gasteiger partial charge in [-0.05, 0) is 49.8 Å². The van der Waals surface area contributed by atoms with Gasteiger partial charge in [0.2, 0.25) is 18.2 Å². The minimum Gasteiger partial charge on any atom is -0.481 e. The Morgan fingerprint density at radius 3 is 1.76 bits per heavy atom. The van der Waals surface area contributed by atoms with Crippen molar-refractivity contribution in [2.24, 2.45) is 17.4 Å². The van der Waals surface area contributed by atoms with Crippen LogP contribution in [0.25, 0.3) is 0 Å². The predicted molar refractivity (Wildman–Crippen MR) is 180 cm³/mol. The number of ether oxygens (including phenoxy) is 1. The number of amides is 5. The Bertz CT molecular complexity index is 894. The molecule has 0 aliphatic heterocycles. The molecule has 0 saturated heterocycles. The molecule has 1 aromatic carbocycles. The fourth-order valence-corrected chi connectivity index (χ4v) is 2.61. The summed E-state index contributed by atoms with van der Waals surface area (Å²) in [7, 11) is 0. The Morgan fingerprint density at radius 2 is 1.33 bits per heavy atom. The number of carbonyl (C=O) groups is 6. The van der Waals surface area contributed by atoms with Crippen LogP contribution in [0.2, 0.25) is 0 Å². The summed E-state index contributed by atoms with van der Waals surface area (Å²) in [5.74, 6) is -0.935. The van der Waals surface area contributed by atoms with Gasteiger partial charge in [0.25, 0.3) is 0 Å². The number of esters is 1. The van der Waals surface area contributed by atoms with Gasteiger partial charge in [-0.25, -0.2) is 4.79 Å². The van der Waals surface area contributed by atoms with E-state index in [1.54, 1.807) is 24.3 Å². The number of aliphatic carboxylic acids is 1. The molecule has 0 radical (unpaired) electrons. The molecule has 0 spiro atoms. The molecule has 45 heavy (non-hydrogen) atoms. The molecule has 0 heterocycles. The van der Waals surface area contributed by atoms with Crippen LogP contribution >= 0.6 is 0 Å². The Morgan fingerprint density at radius 1 is 0.844 bits per heavy atom. The number of nitrogens with two attached hydrogens (primary N) is 2. The van der Waals surface area contributed by atoms with Crippen LogP contribution in [0, 0.1) is 5.92 Å². The number of carbonyl (C=O) groups excluding carboxylic acids is 5. The molecule has 1 aromatic rings. The third-order valence-corrected chi connectivity index (χ3v) is 4.99. The van der Waals surface area contributed by atoms with Crippen LogP contribution in [0.5, 0.6) is 0 Å². The molecule has 262 valence electrons. The lowest BCUT2D eigenvalue weighted by Gasteiger charge is -2.17. The summed E-state index contributed by atoms with van der Waals surface area (Å²) in [6.45, 7) is 20.0. The fourth-order valence-electron chi connectivity index (χ4n) is 2.61. The highest BCUT2D eigenvalue weighted by molar-refractivity contribution is 5.90. The summed E-state index contributed by atoms with van der Waals surface area (Å²) in [6, 6.07) is 6.67. The largest absolute Gasteiger partial charge is 0.481 e. The SMILES string of the molecule is CC.CC.CC.CC(=O)OCc1ccc(NC(=O)CCCCNC(N)=O)cc1.CC(C)C(C)NC(=O)CCCC(=O)O.NC=O. The van der Waals surface area contributed by atoms with Gasteiger partial charge >= 0.3 is 18.0 Å². The van der Waals surface area contributed by atoms with Gasteiger partial charge in [0.05, 0.1) is 0 Å². The molecule has 0 saturated carbocycles. The topological polar surface area (TPSA) is 220 Å². The lowest BCUT2D eigenvalue weighted by Crippen LogP contribution is -2.35. The molecule has 8 N–H and O–H groups in total. The summed E-state index contributed by atoms with van der Waals surface area (Å²) in [5, 5.41) is 16.4. The number of hydrogen-bond acceptors (Lipinski definition) is 7. The van der Waals surface area contributed by atoms with Crippen LogP contribution in [-0.4, -0.2) is 53.9 Å². The van der Waals surface area contributed by atoms with Crippen molar-refractivity contribution in [2.45, 2.75) is 120 Å². The number of rotatable bonds is 14. The highest BCUT2D eigenvalue weighted by Gasteiger charge is 2.10. The number of primary amides is 2. The van der Waals surface area contributed by atoms with Crippen LogP contribution < -0.4 is 27.4 Å². The maximum atomic E-state index is 11.7. The molecule has 13 nitrogen and oxygen atoms in total. The molecule has 13 heteroatoms. The van der Waals surface area contributed by atoms with Crippen LogP contribution in [0.15, 0.2) is 24.3 Å². The predicted octanol–water partition coefficient (Wildman–Crippen LogP) is 5.11. The quantitative estimate of drug-likeness (QED) is 0.0906. The normalized spacial score (nSPS) is 9.40. The smallest absolute Gasteiger partial charge is 0.312 e. The molecule has 5 amide bonds. The van der Waals surface area contributed by atoms with Crippen molar-refractivity contribution in [2.75, 3.05) is 11.9 Å². The number of carboxylic acid groups (broad SMARTS) is 1. The van der Waals surface area contributed by atoms with Gasteiger partial charge in [-0.1, -0.05) is 67.5 Å². The second kappa shape index (κ2) is 37.9. The number of nitrogens with one attached hydrogen (secondary N) is 3. The minimum atomic E-state index is -0.852. The van der Waals surface area contributed by atoms with Gasteiger partial charge in [0, 0.05) is 44.5 Å². The van der Waals surface area contributed by atoms with Gasteiger partial charge in [-0.2, -0.15) is 0 Å². The van der Waals surface area contributed by atoms with E-state index in [1.807, 2.05) is 62.3 Å². The average Bonchev–Trinajstić information content (AvgIpc) is 3.00. The Balaban J connectivity index is -0.000000199. The highest BCUT2D eigenvalue weighted by atomic mass is 16.5. The summed E-state index contributed by atoms with van der Waals surface area (Å²) < 4.78 is 4.88. The van der Waals surface area contributed by atoms with Gasteiger partial charge in [-0.15, -0.1) is 0 Å². The Labute approximate surface area is 270 Å². The van der Waals surface area contributed by atoms with E-state index in [0.717, 1.165) is 5.56 Å². The Hall–Kier alpha value is -4.16. The first-order valence-corrected chi connectivity index (χ1v) is 15.5. The lowest BCUT2D eigenvalue weighted by molar-refractivity contribution is -0.142. The number of carboxylic acids is 1. The van der Waals surface area contributed by atoms with Gasteiger partial charge < -0.3 is 37.3 Å². The van der Waals surface area contributed by atoms with Crippen LogP contribution in [0.1, 0.15) is 113 Å². The van der Waals surface area contributed by atoms with Crippen molar-refractivity contribution in [3.05, 3.63) is 29.8 Å². The number of unbranched alkanes of at least 4 members (excludes halogenated alkanes) is 1. The van der Waals surface area contributed by atoms with Crippen molar-refractivity contribution in [1.29, 1.82) is 0 Å². The van der Waals surface area contributed by atoms with Crippen LogP contribution in [0.4, 0.5) is 10.5 Å². The molecule has 1 rings (SSSR count). The van der Waals surface area contributed by atoms with Gasteiger partial charge in [-0.3, -0.25) is 24.0 Å². The maximum absolute atomic E-state index is 11.7. The molecule has 0 fully saturated rings. The zero-order valence-electron chi connectivity index (χ0n) is 29.2. The molecule has 1 atom stereocenters. The van der Waals surface area contributed by atoms with E-state index in [1.165, 1.54) is 6.92 Å². The molecule has 0 bridgehead atoms. The van der Waals surface area contributed by atoms with E-state index in [2.05, 4.69) is 21.7 Å². The van der Waals surface area contributed by atoms with Gasteiger partial charge in [0.15, 0.2) is 0 Å². The highest BCUT2D eigenvalue weighted by Crippen LogP contribution is 2.11. The fraction of sp³-hybridized carbons (Fsp3) is 0.625. The number of benzene rings is 1. The third kappa shape index (κ3) is 42.0. The molecular weight excluding hydrogens is 582 g/mol. The third-order valence-electron chi connectivity index (χ3n) is 4.99. The molecule has 0 aliphatic rings. The summed E-state index contributed by atoms with van der Waals surface area (Å²) in [4.78, 5) is 62.9. The van der Waals surface area contributed by atoms with Crippen molar-refractivity contribution in [3.8, 4) is 0 Å². The van der Waals surface area contributed by atoms with Crippen LogP contribution in [0.3, 0.4) is 0 Å². The average molecular weight is 644 g/mol. The van der Waals surface area contributed by atoms with Crippen molar-refractivity contribution in [1.82, 2.24) is 10.6 Å². The first-order valence-electron chi connectivity index (χ1n) is 15.5. The standard InChI is InChI=1S/C15H21N3O4.C10H19NO3.3C2H6.CH3NO/c1-11(19)22-10-12-5-7-13(8-6-12)18-14(20)4-2-3-9-17-15(16)21;1-7(2)8(3)11-9(12)5-4-6-10(13)14;3*1-2;2-1-3/h5-8H,2-4,9-10H2,1H3,(H,18,20)(H3,16,17,21);7-8H,4-6H2,1-3H3,(H,11,12)(H,13,14);3*1-2H3;1H,(H2,2,3). The van der Waals surface area contributed by atoms with Crippen molar-refractivity contribution < 1.29 is 38.6 Å².